The Morgan fingerprint density at radius 2 is 2.00 bits per heavy atom. The lowest BCUT2D eigenvalue weighted by Gasteiger charge is -2.22. The zero-order valence-electron chi connectivity index (χ0n) is 15.9. The molecule has 2 aromatic rings. The van der Waals surface area contributed by atoms with Gasteiger partial charge in [-0.25, -0.2) is 14.4 Å². The maximum Gasteiger partial charge on any atom is 0.194 e. The molecule has 0 atom stereocenters. The summed E-state index contributed by atoms with van der Waals surface area (Å²) in [6.07, 6.45) is 3.82. The molecule has 0 bridgehead atoms. The van der Waals surface area contributed by atoms with Crippen LogP contribution in [-0.4, -0.2) is 34.0 Å². The van der Waals surface area contributed by atoms with E-state index in [1.165, 1.54) is 12.1 Å². The van der Waals surface area contributed by atoms with E-state index in [2.05, 4.69) is 28.7 Å². The van der Waals surface area contributed by atoms with E-state index < -0.39 is 0 Å². The second-order valence-electron chi connectivity index (χ2n) is 6.54. The van der Waals surface area contributed by atoms with Crippen molar-refractivity contribution in [2.24, 2.45) is 10.9 Å². The van der Waals surface area contributed by atoms with Crippen LogP contribution in [0.5, 0.6) is 0 Å². The molecule has 7 heteroatoms. The smallest absolute Gasteiger partial charge is 0.194 e. The Morgan fingerprint density at radius 3 is 2.62 bits per heavy atom. The Bertz CT molecular complexity index is 681. The van der Waals surface area contributed by atoms with Crippen molar-refractivity contribution >= 4 is 29.9 Å². The number of rotatable bonds is 7. The molecule has 0 aliphatic carbocycles. The van der Waals surface area contributed by atoms with Gasteiger partial charge in [-0.1, -0.05) is 26.0 Å². The summed E-state index contributed by atoms with van der Waals surface area (Å²) < 4.78 is 15.2. The van der Waals surface area contributed by atoms with Crippen molar-refractivity contribution in [3.8, 4) is 0 Å². The number of aliphatic imine (C=N–C) groups is 1. The summed E-state index contributed by atoms with van der Waals surface area (Å²) in [5.74, 6) is 2.11. The topological polar surface area (TPSA) is 45.5 Å². The second-order valence-corrected chi connectivity index (χ2v) is 6.54. The van der Waals surface area contributed by atoms with Gasteiger partial charge in [-0.05, 0) is 30.5 Å². The zero-order valence-corrected chi connectivity index (χ0v) is 18.3. The fourth-order valence-electron chi connectivity index (χ4n) is 2.61. The van der Waals surface area contributed by atoms with Crippen molar-refractivity contribution < 1.29 is 4.39 Å². The number of imidazole rings is 1. The van der Waals surface area contributed by atoms with Gasteiger partial charge < -0.3 is 14.8 Å². The van der Waals surface area contributed by atoms with E-state index in [4.69, 9.17) is 4.99 Å². The molecule has 0 amide bonds. The number of hydrogen-bond acceptors (Lipinski definition) is 2. The molecule has 26 heavy (non-hydrogen) atoms. The highest BCUT2D eigenvalue weighted by Crippen LogP contribution is 2.08. The molecule has 0 unspecified atom stereocenters. The average Bonchev–Trinajstić information content (AvgIpc) is 3.00. The van der Waals surface area contributed by atoms with Gasteiger partial charge in [-0.15, -0.1) is 24.0 Å². The molecule has 2 rings (SSSR count). The van der Waals surface area contributed by atoms with Crippen molar-refractivity contribution in [1.82, 2.24) is 19.8 Å². The van der Waals surface area contributed by atoms with E-state index in [0.717, 1.165) is 30.4 Å². The van der Waals surface area contributed by atoms with E-state index in [0.29, 0.717) is 19.0 Å². The predicted octanol–water partition coefficient (Wildman–Crippen LogP) is 3.89. The lowest BCUT2D eigenvalue weighted by molar-refractivity contribution is 0.473. The largest absolute Gasteiger partial charge is 0.357 e. The van der Waals surface area contributed by atoms with Crippen LogP contribution in [0.4, 0.5) is 4.39 Å². The standard InChI is InChI=1S/C19H28FN5.HI/c1-5-21-19(24(4)14-16-6-8-17(20)9-7-16)23-12-18-22-10-11-25(18)13-15(2)3;/h6-11,15H,5,12-14H2,1-4H3,(H,21,23);1H. The summed E-state index contributed by atoms with van der Waals surface area (Å²) in [6.45, 7) is 9.32. The Kier molecular flexibility index (Phi) is 9.61. The minimum absolute atomic E-state index is 0. The first kappa shape index (κ1) is 22.4. The van der Waals surface area contributed by atoms with Crippen molar-refractivity contribution in [1.29, 1.82) is 0 Å². The van der Waals surface area contributed by atoms with Crippen LogP contribution in [-0.2, 0) is 19.6 Å². The highest BCUT2D eigenvalue weighted by molar-refractivity contribution is 14.0. The predicted molar refractivity (Wildman–Crippen MR) is 115 cm³/mol. The molecule has 144 valence electrons. The maximum absolute atomic E-state index is 13.1. The van der Waals surface area contributed by atoms with E-state index in [-0.39, 0.29) is 29.8 Å². The van der Waals surface area contributed by atoms with Crippen LogP contribution in [0.2, 0.25) is 0 Å². The second kappa shape index (κ2) is 11.2. The van der Waals surface area contributed by atoms with Gasteiger partial charge in [-0.2, -0.15) is 0 Å². The molecule has 0 aliphatic rings. The molecule has 1 heterocycles. The zero-order chi connectivity index (χ0) is 18.2. The third-order valence-electron chi connectivity index (χ3n) is 3.76. The molecule has 0 saturated heterocycles. The van der Waals surface area contributed by atoms with Gasteiger partial charge >= 0.3 is 0 Å². The van der Waals surface area contributed by atoms with Crippen molar-refractivity contribution in [2.75, 3.05) is 13.6 Å². The Hall–Kier alpha value is -1.64. The molecule has 1 N–H and O–H groups in total. The normalized spacial score (nSPS) is 11.4. The first-order chi connectivity index (χ1) is 12.0. The molecule has 0 fully saturated rings. The molecule has 0 spiro atoms. The summed E-state index contributed by atoms with van der Waals surface area (Å²) in [4.78, 5) is 11.2. The summed E-state index contributed by atoms with van der Waals surface area (Å²) >= 11 is 0. The van der Waals surface area contributed by atoms with Crippen LogP contribution in [0.15, 0.2) is 41.7 Å². The van der Waals surface area contributed by atoms with Crippen LogP contribution < -0.4 is 5.32 Å². The monoisotopic (exact) mass is 473 g/mol. The number of nitrogens with zero attached hydrogens (tertiary/aromatic N) is 4. The molecule has 1 aromatic carbocycles. The van der Waals surface area contributed by atoms with E-state index >= 15 is 0 Å². The molecule has 0 saturated carbocycles. The van der Waals surface area contributed by atoms with Crippen molar-refractivity contribution in [3.05, 3.63) is 53.9 Å². The number of benzene rings is 1. The number of aromatic nitrogens is 2. The van der Waals surface area contributed by atoms with E-state index in [1.54, 1.807) is 12.1 Å². The lowest BCUT2D eigenvalue weighted by Crippen LogP contribution is -2.38. The third-order valence-corrected chi connectivity index (χ3v) is 3.76. The summed E-state index contributed by atoms with van der Waals surface area (Å²) in [5, 5.41) is 3.30. The van der Waals surface area contributed by atoms with Gasteiger partial charge in [-0.3, -0.25) is 0 Å². The quantitative estimate of drug-likeness (QED) is 0.377. The average molecular weight is 473 g/mol. The van der Waals surface area contributed by atoms with Crippen LogP contribution >= 0.6 is 24.0 Å². The summed E-state index contributed by atoms with van der Waals surface area (Å²) in [5.41, 5.74) is 1.04. The number of hydrogen-bond donors (Lipinski definition) is 1. The fourth-order valence-corrected chi connectivity index (χ4v) is 2.61. The van der Waals surface area contributed by atoms with Crippen LogP contribution in [0, 0.1) is 11.7 Å². The number of guanidine groups is 1. The van der Waals surface area contributed by atoms with Gasteiger partial charge in [0, 0.05) is 39.1 Å². The van der Waals surface area contributed by atoms with Crippen LogP contribution in [0.25, 0.3) is 0 Å². The fraction of sp³-hybridized carbons (Fsp3) is 0.474. The lowest BCUT2D eigenvalue weighted by atomic mass is 10.2. The summed E-state index contributed by atoms with van der Waals surface area (Å²) in [6, 6.07) is 6.56. The van der Waals surface area contributed by atoms with Gasteiger partial charge in [0.25, 0.3) is 0 Å². The molecule has 0 radical (unpaired) electrons. The van der Waals surface area contributed by atoms with Gasteiger partial charge in [0.15, 0.2) is 5.96 Å². The van der Waals surface area contributed by atoms with Crippen LogP contribution in [0.3, 0.4) is 0 Å². The first-order valence-electron chi connectivity index (χ1n) is 8.73. The Labute approximate surface area is 172 Å². The van der Waals surface area contributed by atoms with Crippen molar-refractivity contribution in [2.45, 2.75) is 40.4 Å². The Balaban J connectivity index is 0.00000338. The maximum atomic E-state index is 13.1. The van der Waals surface area contributed by atoms with Crippen molar-refractivity contribution in [3.63, 3.8) is 0 Å². The van der Waals surface area contributed by atoms with Gasteiger partial charge in [0.05, 0.1) is 0 Å². The van der Waals surface area contributed by atoms with E-state index in [9.17, 15) is 4.39 Å². The minimum atomic E-state index is -0.219. The first-order valence-corrected chi connectivity index (χ1v) is 8.73. The molecular weight excluding hydrogens is 444 g/mol. The minimum Gasteiger partial charge on any atom is -0.357 e. The Morgan fingerprint density at radius 1 is 1.31 bits per heavy atom. The van der Waals surface area contributed by atoms with Gasteiger partial charge in [0.1, 0.15) is 18.2 Å². The highest BCUT2D eigenvalue weighted by Gasteiger charge is 2.09. The SMILES string of the molecule is CCNC(=NCc1nccn1CC(C)C)N(C)Cc1ccc(F)cc1.I. The third kappa shape index (κ3) is 6.93. The molecule has 1 aromatic heterocycles. The molecule has 0 aliphatic heterocycles. The van der Waals surface area contributed by atoms with E-state index in [1.807, 2.05) is 31.3 Å². The van der Waals surface area contributed by atoms with Crippen LogP contribution in [0.1, 0.15) is 32.2 Å². The van der Waals surface area contributed by atoms with Gasteiger partial charge in [0.2, 0.25) is 0 Å². The number of nitrogens with one attached hydrogen (secondary N) is 1. The molecule has 5 nitrogen and oxygen atoms in total. The molecular formula is C19H29FIN5. The summed E-state index contributed by atoms with van der Waals surface area (Å²) in [7, 11) is 1.98. The number of halogens is 2. The highest BCUT2D eigenvalue weighted by atomic mass is 127.